The molecule has 1 aromatic carbocycles. The third-order valence-electron chi connectivity index (χ3n) is 1.95. The summed E-state index contributed by atoms with van der Waals surface area (Å²) in [6.07, 6.45) is -1.79. The first kappa shape index (κ1) is 11.9. The summed E-state index contributed by atoms with van der Waals surface area (Å²) in [6, 6.07) is 3.46. The van der Waals surface area contributed by atoms with Gasteiger partial charge in [0.25, 0.3) is 0 Å². The fourth-order valence-corrected chi connectivity index (χ4v) is 1.16. The summed E-state index contributed by atoms with van der Waals surface area (Å²) in [5.74, 6) is -1.47. The molecule has 0 bridgehead atoms. The first-order valence-electron chi connectivity index (χ1n) is 4.20. The number of benzene rings is 1. The van der Waals surface area contributed by atoms with E-state index in [1.54, 1.807) is 0 Å². The molecule has 16 heavy (non-hydrogen) atoms. The Morgan fingerprint density at radius 3 is 2.62 bits per heavy atom. The second kappa shape index (κ2) is 4.58. The molecule has 0 heterocycles. The van der Waals surface area contributed by atoms with Crippen LogP contribution in [0.4, 0.5) is 5.69 Å². The third kappa shape index (κ3) is 2.26. The van der Waals surface area contributed by atoms with Crippen LogP contribution < -0.4 is 4.74 Å². The molecular formula is C9H9NO6. The highest BCUT2D eigenvalue weighted by molar-refractivity contribution is 5.74. The van der Waals surface area contributed by atoms with Crippen molar-refractivity contribution < 1.29 is 24.7 Å². The van der Waals surface area contributed by atoms with Crippen molar-refractivity contribution in [1.29, 1.82) is 0 Å². The van der Waals surface area contributed by atoms with E-state index in [1.807, 2.05) is 0 Å². The van der Waals surface area contributed by atoms with E-state index in [2.05, 4.69) is 0 Å². The minimum Gasteiger partial charge on any atom is -0.490 e. The van der Waals surface area contributed by atoms with Crippen molar-refractivity contribution in [1.82, 2.24) is 0 Å². The number of aliphatic carboxylic acids is 1. The van der Waals surface area contributed by atoms with Gasteiger partial charge >= 0.3 is 11.7 Å². The van der Waals surface area contributed by atoms with Crippen molar-refractivity contribution in [2.45, 2.75) is 6.10 Å². The van der Waals surface area contributed by atoms with Gasteiger partial charge in [0.05, 0.1) is 12.0 Å². The zero-order valence-electron chi connectivity index (χ0n) is 8.28. The van der Waals surface area contributed by atoms with Crippen molar-refractivity contribution in [3.63, 3.8) is 0 Å². The van der Waals surface area contributed by atoms with Crippen molar-refractivity contribution in [2.75, 3.05) is 7.11 Å². The number of hydrogen-bond acceptors (Lipinski definition) is 5. The minimum atomic E-state index is -1.79. The number of methoxy groups -OCH3 is 1. The van der Waals surface area contributed by atoms with Crippen LogP contribution in [0.15, 0.2) is 18.2 Å². The number of nitro groups is 1. The molecule has 0 amide bonds. The number of ether oxygens (including phenoxy) is 1. The van der Waals surface area contributed by atoms with E-state index in [4.69, 9.17) is 9.84 Å². The van der Waals surface area contributed by atoms with Crippen LogP contribution >= 0.6 is 0 Å². The van der Waals surface area contributed by atoms with Gasteiger partial charge in [0, 0.05) is 6.07 Å². The van der Waals surface area contributed by atoms with Crippen molar-refractivity contribution in [3.8, 4) is 5.75 Å². The number of rotatable bonds is 4. The largest absolute Gasteiger partial charge is 0.490 e. The van der Waals surface area contributed by atoms with Gasteiger partial charge in [-0.05, 0) is 11.6 Å². The van der Waals surface area contributed by atoms with Crippen LogP contribution in [0.1, 0.15) is 11.7 Å². The van der Waals surface area contributed by atoms with Crippen LogP contribution in [0.5, 0.6) is 5.75 Å². The van der Waals surface area contributed by atoms with Crippen molar-refractivity contribution in [2.24, 2.45) is 0 Å². The molecule has 0 saturated heterocycles. The summed E-state index contributed by atoms with van der Waals surface area (Å²) >= 11 is 0. The molecule has 0 fully saturated rings. The van der Waals surface area contributed by atoms with Crippen LogP contribution in [0.25, 0.3) is 0 Å². The Labute approximate surface area is 90.0 Å². The zero-order chi connectivity index (χ0) is 12.3. The lowest BCUT2D eigenvalue weighted by Gasteiger charge is -2.07. The zero-order valence-corrected chi connectivity index (χ0v) is 8.28. The highest BCUT2D eigenvalue weighted by atomic mass is 16.6. The summed E-state index contributed by atoms with van der Waals surface area (Å²) in [5.41, 5.74) is -0.458. The molecule has 86 valence electrons. The Balaban J connectivity index is 3.21. The maximum atomic E-state index is 10.6. The van der Waals surface area contributed by atoms with Gasteiger partial charge in [-0.3, -0.25) is 10.1 Å². The van der Waals surface area contributed by atoms with Gasteiger partial charge in [-0.15, -0.1) is 0 Å². The molecule has 0 radical (unpaired) electrons. The molecule has 0 aliphatic rings. The second-order valence-corrected chi connectivity index (χ2v) is 2.93. The molecule has 7 heteroatoms. The Kier molecular flexibility index (Phi) is 3.41. The predicted molar refractivity (Wildman–Crippen MR) is 52.2 cm³/mol. The molecule has 0 spiro atoms. The molecule has 0 aliphatic heterocycles. The lowest BCUT2D eigenvalue weighted by molar-refractivity contribution is -0.385. The minimum absolute atomic E-state index is 0.00587. The van der Waals surface area contributed by atoms with Crippen LogP contribution in [-0.2, 0) is 4.79 Å². The van der Waals surface area contributed by atoms with Gasteiger partial charge in [0.15, 0.2) is 11.9 Å². The number of carboxylic acid groups (broad SMARTS) is 1. The Hall–Kier alpha value is -2.15. The molecule has 1 unspecified atom stereocenters. The molecule has 2 N–H and O–H groups in total. The predicted octanol–water partition coefficient (Wildman–Crippen LogP) is 0.721. The highest BCUT2D eigenvalue weighted by Crippen LogP contribution is 2.29. The number of nitrogens with zero attached hydrogens (tertiary/aromatic N) is 1. The van der Waals surface area contributed by atoms with E-state index in [9.17, 15) is 20.0 Å². The SMILES string of the molecule is COc1ccc(C(O)C(=O)O)cc1[N+](=O)[O-]. The lowest BCUT2D eigenvalue weighted by atomic mass is 10.1. The van der Waals surface area contributed by atoms with E-state index >= 15 is 0 Å². The van der Waals surface area contributed by atoms with E-state index < -0.39 is 17.0 Å². The first-order valence-corrected chi connectivity index (χ1v) is 4.20. The lowest BCUT2D eigenvalue weighted by Crippen LogP contribution is -2.10. The number of carbonyl (C=O) groups is 1. The Morgan fingerprint density at radius 1 is 1.56 bits per heavy atom. The van der Waals surface area contributed by atoms with Gasteiger partial charge in [-0.1, -0.05) is 6.07 Å². The molecule has 0 aliphatic carbocycles. The number of nitro benzene ring substituents is 1. The molecule has 1 rings (SSSR count). The van der Waals surface area contributed by atoms with Gasteiger partial charge in [-0.2, -0.15) is 0 Å². The fraction of sp³-hybridized carbons (Fsp3) is 0.222. The fourth-order valence-electron chi connectivity index (χ4n) is 1.16. The number of aliphatic hydroxyl groups excluding tert-OH is 1. The topological polar surface area (TPSA) is 110 Å². The molecule has 0 saturated carbocycles. The monoisotopic (exact) mass is 227 g/mol. The van der Waals surface area contributed by atoms with E-state index in [0.717, 1.165) is 6.07 Å². The number of hydrogen-bond donors (Lipinski definition) is 2. The van der Waals surface area contributed by atoms with E-state index in [1.165, 1.54) is 19.2 Å². The number of aliphatic hydroxyl groups is 1. The molecular weight excluding hydrogens is 218 g/mol. The summed E-state index contributed by atoms with van der Waals surface area (Å²) in [4.78, 5) is 20.4. The normalized spacial score (nSPS) is 11.9. The van der Waals surface area contributed by atoms with Crippen molar-refractivity contribution >= 4 is 11.7 Å². The van der Waals surface area contributed by atoms with Gasteiger partial charge in [0.1, 0.15) is 0 Å². The van der Waals surface area contributed by atoms with E-state index in [-0.39, 0.29) is 17.0 Å². The highest BCUT2D eigenvalue weighted by Gasteiger charge is 2.21. The smallest absolute Gasteiger partial charge is 0.337 e. The van der Waals surface area contributed by atoms with Gasteiger partial charge in [-0.25, -0.2) is 4.79 Å². The Morgan fingerprint density at radius 2 is 2.19 bits per heavy atom. The van der Waals surface area contributed by atoms with Crippen LogP contribution in [0.3, 0.4) is 0 Å². The summed E-state index contributed by atoms with van der Waals surface area (Å²) in [7, 11) is 1.26. The summed E-state index contributed by atoms with van der Waals surface area (Å²) in [5, 5.41) is 28.4. The maximum absolute atomic E-state index is 10.6. The second-order valence-electron chi connectivity index (χ2n) is 2.93. The quantitative estimate of drug-likeness (QED) is 0.579. The standard InChI is InChI=1S/C9H9NO6/c1-16-7-3-2-5(8(11)9(12)13)4-6(7)10(14)15/h2-4,8,11H,1H3,(H,12,13). The Bertz CT molecular complexity index is 430. The van der Waals surface area contributed by atoms with E-state index in [0.29, 0.717) is 0 Å². The first-order chi connectivity index (χ1) is 7.47. The molecule has 1 aromatic rings. The third-order valence-corrected chi connectivity index (χ3v) is 1.95. The average Bonchev–Trinajstić information content (AvgIpc) is 2.26. The summed E-state index contributed by atoms with van der Waals surface area (Å²) < 4.78 is 4.73. The average molecular weight is 227 g/mol. The summed E-state index contributed by atoms with van der Waals surface area (Å²) in [6.45, 7) is 0. The van der Waals surface area contributed by atoms with Crippen LogP contribution in [-0.4, -0.2) is 28.2 Å². The van der Waals surface area contributed by atoms with Crippen LogP contribution in [0.2, 0.25) is 0 Å². The molecule has 1 atom stereocenters. The molecule has 0 aromatic heterocycles. The number of carboxylic acids is 1. The van der Waals surface area contributed by atoms with Gasteiger partial charge < -0.3 is 14.9 Å². The molecule has 7 nitrogen and oxygen atoms in total. The van der Waals surface area contributed by atoms with Crippen LogP contribution in [0, 0.1) is 10.1 Å². The van der Waals surface area contributed by atoms with Crippen molar-refractivity contribution in [3.05, 3.63) is 33.9 Å². The maximum Gasteiger partial charge on any atom is 0.337 e. The van der Waals surface area contributed by atoms with Gasteiger partial charge in [0.2, 0.25) is 0 Å².